The van der Waals surface area contributed by atoms with Crippen molar-refractivity contribution in [3.05, 3.63) is 65.2 Å². The van der Waals surface area contributed by atoms with E-state index in [1.54, 1.807) is 0 Å². The maximum Gasteiger partial charge on any atom is -0.0128 e. The van der Waals surface area contributed by atoms with Crippen molar-refractivity contribution >= 4 is 35.3 Å². The van der Waals surface area contributed by atoms with Crippen molar-refractivity contribution in [2.24, 2.45) is 0 Å². The molecule has 0 saturated heterocycles. The summed E-state index contributed by atoms with van der Waals surface area (Å²) in [5, 5.41) is 1.41. The topological polar surface area (TPSA) is 0 Å². The predicted octanol–water partition coefficient (Wildman–Crippen LogP) is 4.17. The van der Waals surface area contributed by atoms with Crippen molar-refractivity contribution in [2.45, 2.75) is 6.16 Å². The normalized spacial score (nSPS) is 11.7. The minimum atomic E-state index is 0.874. The molecule has 0 spiro atoms. The second-order valence-corrected chi connectivity index (χ2v) is 5.64. The van der Waals surface area contributed by atoms with Crippen molar-refractivity contribution in [2.75, 3.05) is 6.66 Å². The fraction of sp³-hybridized carbons (Fsp3) is 0.125. The van der Waals surface area contributed by atoms with Crippen molar-refractivity contribution in [1.82, 2.24) is 0 Å². The van der Waals surface area contributed by atoms with Crippen LogP contribution in [0.25, 0.3) is 12.2 Å². The summed E-state index contributed by atoms with van der Waals surface area (Å²) < 4.78 is 0. The lowest BCUT2D eigenvalue weighted by Gasteiger charge is -1.99. The molecule has 0 aliphatic heterocycles. The summed E-state index contributed by atoms with van der Waals surface area (Å²) in [5.41, 5.74) is 3.86. The van der Waals surface area contributed by atoms with Crippen molar-refractivity contribution in [3.63, 3.8) is 0 Å². The van der Waals surface area contributed by atoms with E-state index < -0.39 is 0 Å². The summed E-state index contributed by atoms with van der Waals surface area (Å²) in [4.78, 5) is 0. The van der Waals surface area contributed by atoms with Crippen LogP contribution in [0.2, 0.25) is 0 Å². The van der Waals surface area contributed by atoms with Crippen molar-refractivity contribution in [1.29, 1.82) is 0 Å². The Labute approximate surface area is 114 Å². The first-order valence-electron chi connectivity index (χ1n) is 6.07. The zero-order valence-corrected chi connectivity index (χ0v) is 12.7. The quantitative estimate of drug-likeness (QED) is 0.579. The standard InChI is InChI=1S/C16H18P2/c1-18-16-10-8-14(9-11-16)3-2-13-4-6-15(12-17)7-5-13/h2-11,18H,12,17H2,1H3/b3-2+. The van der Waals surface area contributed by atoms with E-state index in [1.165, 1.54) is 22.0 Å². The Kier molecular flexibility index (Phi) is 5.12. The molecule has 92 valence electrons. The molecule has 0 aromatic heterocycles. The van der Waals surface area contributed by atoms with E-state index in [-0.39, 0.29) is 0 Å². The zero-order valence-electron chi connectivity index (χ0n) is 10.6. The number of hydrogen-bond acceptors (Lipinski definition) is 0. The third kappa shape index (κ3) is 3.77. The molecule has 0 fully saturated rings. The van der Waals surface area contributed by atoms with E-state index in [1.807, 2.05) is 0 Å². The second-order valence-electron chi connectivity index (χ2n) is 4.15. The van der Waals surface area contributed by atoms with Gasteiger partial charge in [-0.05, 0) is 34.8 Å². The Morgan fingerprint density at radius 2 is 1.39 bits per heavy atom. The van der Waals surface area contributed by atoms with Gasteiger partial charge in [-0.2, -0.15) is 0 Å². The molecule has 0 radical (unpaired) electrons. The summed E-state index contributed by atoms with van der Waals surface area (Å²) in [7, 11) is 3.62. The monoisotopic (exact) mass is 272 g/mol. The first kappa shape index (κ1) is 13.5. The van der Waals surface area contributed by atoms with Gasteiger partial charge in [0.15, 0.2) is 0 Å². The fourth-order valence-corrected chi connectivity index (χ4v) is 2.49. The highest BCUT2D eigenvalue weighted by molar-refractivity contribution is 7.46. The van der Waals surface area contributed by atoms with Crippen LogP contribution in [-0.4, -0.2) is 6.66 Å². The SMILES string of the molecule is CPc1ccc(/C=C/c2ccc(CP)cc2)cc1. The van der Waals surface area contributed by atoms with Crippen LogP contribution in [-0.2, 0) is 6.16 Å². The van der Waals surface area contributed by atoms with Gasteiger partial charge in [-0.1, -0.05) is 69.3 Å². The highest BCUT2D eigenvalue weighted by atomic mass is 31.1. The van der Waals surface area contributed by atoms with E-state index >= 15 is 0 Å². The van der Waals surface area contributed by atoms with E-state index in [2.05, 4.69) is 76.6 Å². The van der Waals surface area contributed by atoms with Gasteiger partial charge in [0.05, 0.1) is 0 Å². The Bertz CT molecular complexity index is 460. The van der Waals surface area contributed by atoms with Crippen LogP contribution < -0.4 is 5.30 Å². The van der Waals surface area contributed by atoms with Gasteiger partial charge in [0.1, 0.15) is 0 Å². The number of benzene rings is 2. The summed E-state index contributed by atoms with van der Waals surface area (Å²) in [6.07, 6.45) is 5.34. The molecule has 2 aromatic rings. The summed E-state index contributed by atoms with van der Waals surface area (Å²) in [6, 6.07) is 17.4. The lowest BCUT2D eigenvalue weighted by Crippen LogP contribution is -1.90. The van der Waals surface area contributed by atoms with Crippen LogP contribution in [0.4, 0.5) is 0 Å². The first-order chi connectivity index (χ1) is 8.81. The highest BCUT2D eigenvalue weighted by Crippen LogP contribution is 2.12. The van der Waals surface area contributed by atoms with Gasteiger partial charge in [-0.25, -0.2) is 0 Å². The second kappa shape index (κ2) is 6.83. The Balaban J connectivity index is 2.08. The predicted molar refractivity (Wildman–Crippen MR) is 89.1 cm³/mol. The summed E-state index contributed by atoms with van der Waals surface area (Å²) in [5.74, 6) is 0. The molecule has 0 N–H and O–H groups in total. The smallest absolute Gasteiger partial charge is 0.0128 e. The van der Waals surface area contributed by atoms with Crippen LogP contribution in [0.1, 0.15) is 16.7 Å². The average molecular weight is 272 g/mol. The van der Waals surface area contributed by atoms with Crippen LogP contribution >= 0.6 is 17.8 Å². The Morgan fingerprint density at radius 1 is 0.889 bits per heavy atom. The molecule has 0 nitrogen and oxygen atoms in total. The Morgan fingerprint density at radius 3 is 1.83 bits per heavy atom. The molecular weight excluding hydrogens is 254 g/mol. The molecule has 0 heterocycles. The lowest BCUT2D eigenvalue weighted by molar-refractivity contribution is 1.41. The third-order valence-electron chi connectivity index (χ3n) is 2.88. The molecule has 2 atom stereocenters. The van der Waals surface area contributed by atoms with Gasteiger partial charge < -0.3 is 0 Å². The molecule has 0 amide bonds. The van der Waals surface area contributed by atoms with Gasteiger partial charge >= 0.3 is 0 Å². The van der Waals surface area contributed by atoms with Crippen LogP contribution in [0.15, 0.2) is 48.5 Å². The van der Waals surface area contributed by atoms with Gasteiger partial charge in [-0.3, -0.25) is 0 Å². The molecule has 0 aliphatic carbocycles. The van der Waals surface area contributed by atoms with E-state index in [9.17, 15) is 0 Å². The van der Waals surface area contributed by atoms with E-state index in [0.29, 0.717) is 0 Å². The van der Waals surface area contributed by atoms with E-state index in [4.69, 9.17) is 0 Å². The van der Waals surface area contributed by atoms with Crippen molar-refractivity contribution < 1.29 is 0 Å². The highest BCUT2D eigenvalue weighted by Gasteiger charge is 1.91. The molecule has 0 saturated carbocycles. The van der Waals surface area contributed by atoms with Crippen LogP contribution in [0.5, 0.6) is 0 Å². The maximum absolute atomic E-state index is 2.75. The Hall–Kier alpha value is -0.960. The third-order valence-corrected chi connectivity index (χ3v) is 4.27. The molecular formula is C16H18P2. The number of rotatable bonds is 4. The lowest BCUT2D eigenvalue weighted by atomic mass is 10.1. The largest absolute Gasteiger partial charge is 0.133 e. The van der Waals surface area contributed by atoms with Gasteiger partial charge in [0.25, 0.3) is 0 Å². The minimum absolute atomic E-state index is 0.874. The fourth-order valence-electron chi connectivity index (χ4n) is 1.72. The summed E-state index contributed by atoms with van der Waals surface area (Å²) >= 11 is 0. The zero-order chi connectivity index (χ0) is 12.8. The molecule has 0 aliphatic rings. The molecule has 2 rings (SSSR count). The van der Waals surface area contributed by atoms with Gasteiger partial charge in [0, 0.05) is 0 Å². The average Bonchev–Trinajstić information content (AvgIpc) is 2.46. The molecule has 18 heavy (non-hydrogen) atoms. The minimum Gasteiger partial charge on any atom is -0.133 e. The molecule has 0 bridgehead atoms. The first-order valence-corrected chi connectivity index (χ1v) is 8.38. The van der Waals surface area contributed by atoms with Gasteiger partial charge in [-0.15, -0.1) is 9.24 Å². The van der Waals surface area contributed by atoms with E-state index in [0.717, 1.165) is 14.7 Å². The van der Waals surface area contributed by atoms with Crippen LogP contribution in [0.3, 0.4) is 0 Å². The molecule has 2 unspecified atom stereocenters. The van der Waals surface area contributed by atoms with Crippen molar-refractivity contribution in [3.8, 4) is 0 Å². The maximum atomic E-state index is 2.75. The van der Waals surface area contributed by atoms with Crippen LogP contribution in [0, 0.1) is 0 Å². The molecule has 2 heteroatoms. The number of hydrogen-bond donors (Lipinski definition) is 0. The molecule has 2 aromatic carbocycles. The summed E-state index contributed by atoms with van der Waals surface area (Å²) in [6.45, 7) is 2.21. The van der Waals surface area contributed by atoms with Gasteiger partial charge in [0.2, 0.25) is 0 Å².